The summed E-state index contributed by atoms with van der Waals surface area (Å²) >= 11 is 0. The molecule has 5 aromatic carbocycles. The molecule has 0 heterocycles. The highest BCUT2D eigenvalue weighted by atomic mass is 31.2. The van der Waals surface area contributed by atoms with Crippen LogP contribution in [0.5, 0.6) is 17.2 Å². The first-order valence-electron chi connectivity index (χ1n) is 11.0. The van der Waals surface area contributed by atoms with Crippen LogP contribution in [0.15, 0.2) is 109 Å². The van der Waals surface area contributed by atoms with Crippen LogP contribution in [0.3, 0.4) is 0 Å². The number of fused-ring (bicyclic) bond motifs is 2. The third-order valence-electron chi connectivity index (χ3n) is 5.52. The topological polar surface area (TPSA) is 65.0 Å². The molecule has 5 rings (SSSR count). The number of phosphoric ester groups is 1. The fraction of sp³-hybridized carbons (Fsp3) is 0.0714. The number of ether oxygens (including phenoxy) is 1. The summed E-state index contributed by atoms with van der Waals surface area (Å²) in [6.07, 6.45) is 0.488. The summed E-state index contributed by atoms with van der Waals surface area (Å²) in [5.41, 5.74) is 0.783. The minimum atomic E-state index is -4.45. The second-order valence-corrected chi connectivity index (χ2v) is 9.14. The largest absolute Gasteiger partial charge is 0.584 e. The van der Waals surface area contributed by atoms with Crippen molar-refractivity contribution in [3.8, 4) is 17.2 Å². The van der Waals surface area contributed by atoms with Crippen LogP contribution >= 0.6 is 7.82 Å². The maximum absolute atomic E-state index is 13.0. The van der Waals surface area contributed by atoms with E-state index in [1.807, 2.05) is 91.0 Å². The number of para-hydroxylation sites is 1. The van der Waals surface area contributed by atoms with Crippen LogP contribution in [0.2, 0.25) is 0 Å². The highest BCUT2D eigenvalue weighted by Gasteiger charge is 2.27. The van der Waals surface area contributed by atoms with Crippen molar-refractivity contribution in [2.24, 2.45) is 0 Å². The van der Waals surface area contributed by atoms with Gasteiger partial charge < -0.3 is 13.8 Å². The van der Waals surface area contributed by atoms with Crippen molar-refractivity contribution >= 4 is 29.4 Å². The Bertz CT molecular complexity index is 1480. The van der Waals surface area contributed by atoms with E-state index < -0.39 is 7.82 Å². The molecular weight excluding hydrogens is 447 g/mol. The molecule has 5 aromatic rings. The monoisotopic (exact) mass is 470 g/mol. The van der Waals surface area contributed by atoms with Gasteiger partial charge in [0.2, 0.25) is 0 Å². The molecule has 34 heavy (non-hydrogen) atoms. The van der Waals surface area contributed by atoms with Crippen molar-refractivity contribution in [1.29, 1.82) is 0 Å². The van der Waals surface area contributed by atoms with Gasteiger partial charge in [-0.25, -0.2) is 4.57 Å². The Morgan fingerprint density at radius 3 is 2.15 bits per heavy atom. The quantitative estimate of drug-likeness (QED) is 0.244. The first kappa shape index (κ1) is 22.0. The van der Waals surface area contributed by atoms with Crippen molar-refractivity contribution < 1.29 is 23.2 Å². The number of hydrogen-bond donors (Lipinski definition) is 1. The third kappa shape index (κ3) is 5.07. The van der Waals surface area contributed by atoms with Gasteiger partial charge in [-0.3, -0.25) is 4.89 Å². The fourth-order valence-corrected chi connectivity index (χ4v) is 4.78. The van der Waals surface area contributed by atoms with E-state index in [-0.39, 0.29) is 5.75 Å². The van der Waals surface area contributed by atoms with E-state index in [1.54, 1.807) is 18.2 Å². The van der Waals surface area contributed by atoms with Crippen molar-refractivity contribution in [3.05, 3.63) is 115 Å². The Kier molecular flexibility index (Phi) is 6.22. The van der Waals surface area contributed by atoms with Crippen molar-refractivity contribution in [1.82, 2.24) is 0 Å². The van der Waals surface area contributed by atoms with E-state index in [0.29, 0.717) is 18.8 Å². The number of rotatable bonds is 8. The zero-order valence-electron chi connectivity index (χ0n) is 18.3. The molecule has 6 heteroatoms. The Morgan fingerprint density at radius 2 is 1.32 bits per heavy atom. The summed E-state index contributed by atoms with van der Waals surface area (Å²) in [5.74, 6) is 1.32. The summed E-state index contributed by atoms with van der Waals surface area (Å²) in [5, 5.41) is 3.86. The summed E-state index contributed by atoms with van der Waals surface area (Å²) in [6, 6.07) is 33.9. The average molecular weight is 470 g/mol. The smallest absolute Gasteiger partial charge is 0.493 e. The summed E-state index contributed by atoms with van der Waals surface area (Å²) in [6.45, 7) is 0.385. The summed E-state index contributed by atoms with van der Waals surface area (Å²) in [4.78, 5) is 10.6. The Hall–Kier alpha value is -3.79. The number of hydrogen-bond acceptors (Lipinski definition) is 4. The highest BCUT2D eigenvalue weighted by molar-refractivity contribution is 7.48. The first-order valence-corrected chi connectivity index (χ1v) is 12.5. The Balaban J connectivity index is 1.40. The van der Waals surface area contributed by atoms with Gasteiger partial charge in [0.15, 0.2) is 0 Å². The molecule has 0 saturated carbocycles. The van der Waals surface area contributed by atoms with E-state index in [1.165, 1.54) is 0 Å². The van der Waals surface area contributed by atoms with Gasteiger partial charge in [-0.2, -0.15) is 0 Å². The van der Waals surface area contributed by atoms with Gasteiger partial charge >= 0.3 is 7.82 Å². The van der Waals surface area contributed by atoms with Crippen LogP contribution in [-0.4, -0.2) is 11.5 Å². The average Bonchev–Trinajstić information content (AvgIpc) is 2.85. The predicted octanol–water partition coefficient (Wildman–Crippen LogP) is 7.17. The van der Waals surface area contributed by atoms with Gasteiger partial charge in [-0.05, 0) is 51.9 Å². The van der Waals surface area contributed by atoms with Crippen LogP contribution in [0.25, 0.3) is 21.5 Å². The van der Waals surface area contributed by atoms with Gasteiger partial charge in [0, 0.05) is 12.0 Å². The Morgan fingerprint density at radius 1 is 0.647 bits per heavy atom. The van der Waals surface area contributed by atoms with Gasteiger partial charge in [0.05, 0.1) is 6.61 Å². The molecule has 0 amide bonds. The van der Waals surface area contributed by atoms with Crippen LogP contribution in [0.4, 0.5) is 0 Å². The van der Waals surface area contributed by atoms with Crippen molar-refractivity contribution in [2.45, 2.75) is 6.42 Å². The number of benzene rings is 5. The summed E-state index contributed by atoms with van der Waals surface area (Å²) in [7, 11) is -4.45. The molecule has 0 aliphatic carbocycles. The molecule has 0 saturated heterocycles. The van der Waals surface area contributed by atoms with Gasteiger partial charge in [0.25, 0.3) is 0 Å². The maximum atomic E-state index is 13.0. The predicted molar refractivity (Wildman–Crippen MR) is 135 cm³/mol. The molecule has 5 nitrogen and oxygen atoms in total. The first-order chi connectivity index (χ1) is 16.6. The third-order valence-corrected chi connectivity index (χ3v) is 6.39. The molecule has 170 valence electrons. The van der Waals surface area contributed by atoms with Crippen molar-refractivity contribution in [2.75, 3.05) is 6.61 Å². The minimum Gasteiger partial charge on any atom is -0.493 e. The van der Waals surface area contributed by atoms with Crippen LogP contribution in [0.1, 0.15) is 5.56 Å². The molecule has 0 aromatic heterocycles. The van der Waals surface area contributed by atoms with Crippen LogP contribution in [0, 0.1) is 0 Å². The molecule has 1 atom stereocenters. The van der Waals surface area contributed by atoms with E-state index in [2.05, 4.69) is 0 Å². The number of phosphoric acid groups is 1. The zero-order chi connectivity index (χ0) is 23.4. The molecule has 0 spiro atoms. The SMILES string of the molecule is O=P(O)(Oc1ccc2ccccc2c1)Oc1ccc2ccccc2c1CCOc1ccccc1. The molecule has 0 aliphatic rings. The molecular formula is C28H23O5P. The van der Waals surface area contributed by atoms with Crippen molar-refractivity contribution in [3.63, 3.8) is 0 Å². The minimum absolute atomic E-state index is 0.263. The fourth-order valence-electron chi connectivity index (χ4n) is 3.95. The molecule has 1 unspecified atom stereocenters. The van der Waals surface area contributed by atoms with Crippen LogP contribution < -0.4 is 13.8 Å². The van der Waals surface area contributed by atoms with Crippen LogP contribution in [-0.2, 0) is 11.0 Å². The van der Waals surface area contributed by atoms with Gasteiger partial charge in [-0.15, -0.1) is 0 Å². The molecule has 0 fully saturated rings. The van der Waals surface area contributed by atoms with Gasteiger partial charge in [0.1, 0.15) is 17.2 Å². The highest BCUT2D eigenvalue weighted by Crippen LogP contribution is 2.46. The summed E-state index contributed by atoms with van der Waals surface area (Å²) < 4.78 is 29.8. The zero-order valence-corrected chi connectivity index (χ0v) is 19.2. The molecule has 0 bridgehead atoms. The standard InChI is InChI=1S/C28H23O5P/c29-34(30,32-25-16-14-21-8-4-5-10-23(21)20-25)33-28-17-15-22-9-6-7-13-26(22)27(28)18-19-31-24-11-2-1-3-12-24/h1-17,20H,18-19H2,(H,29,30). The second-order valence-electron chi connectivity index (χ2n) is 7.83. The van der Waals surface area contributed by atoms with E-state index in [0.717, 1.165) is 32.9 Å². The maximum Gasteiger partial charge on any atom is 0.584 e. The lowest BCUT2D eigenvalue weighted by Gasteiger charge is -2.18. The van der Waals surface area contributed by atoms with Gasteiger partial charge in [-0.1, -0.05) is 78.9 Å². The van der Waals surface area contributed by atoms with E-state index in [4.69, 9.17) is 13.8 Å². The van der Waals surface area contributed by atoms with E-state index >= 15 is 0 Å². The molecule has 0 radical (unpaired) electrons. The molecule has 0 aliphatic heterocycles. The lowest BCUT2D eigenvalue weighted by molar-refractivity contribution is 0.287. The Labute approximate surface area is 197 Å². The normalized spacial score (nSPS) is 12.9. The lowest BCUT2D eigenvalue weighted by Crippen LogP contribution is -2.06. The molecule has 1 N–H and O–H groups in total. The lowest BCUT2D eigenvalue weighted by atomic mass is 10.0. The second kappa shape index (κ2) is 9.60. The van der Waals surface area contributed by atoms with E-state index in [9.17, 15) is 9.46 Å².